The zero-order chi connectivity index (χ0) is 17.6. The van der Waals surface area contributed by atoms with Crippen LogP contribution in [0, 0.1) is 6.92 Å². The van der Waals surface area contributed by atoms with Gasteiger partial charge in [-0.3, -0.25) is 4.79 Å². The van der Waals surface area contributed by atoms with E-state index in [1.807, 2.05) is 37.3 Å². The average molecular weight is 391 g/mol. The standard InChI is InChI=1S/C17H15ClN4OS2/c1-11-14(25-17(21-11)12-5-2-3-6-13(12)18)9-19-15(23)10-24-16-7-4-8-20-22-16/h2-8H,9-10H2,1H3,(H,19,23). The first kappa shape index (κ1) is 17.8. The van der Waals surface area contributed by atoms with Crippen molar-refractivity contribution >= 4 is 40.6 Å². The molecule has 128 valence electrons. The first-order valence-corrected chi connectivity index (χ1v) is 9.70. The van der Waals surface area contributed by atoms with Crippen LogP contribution in [0.15, 0.2) is 47.6 Å². The number of hydrogen-bond donors (Lipinski definition) is 1. The Labute approximate surface area is 158 Å². The normalized spacial score (nSPS) is 10.6. The van der Waals surface area contributed by atoms with Gasteiger partial charge in [-0.2, -0.15) is 5.10 Å². The molecule has 1 amide bonds. The number of hydrogen-bond acceptors (Lipinski definition) is 6. The Morgan fingerprint density at radius 1 is 1.28 bits per heavy atom. The summed E-state index contributed by atoms with van der Waals surface area (Å²) < 4.78 is 0. The minimum absolute atomic E-state index is 0.0530. The van der Waals surface area contributed by atoms with E-state index in [-0.39, 0.29) is 5.91 Å². The second-order valence-corrected chi connectivity index (χ2v) is 7.62. The van der Waals surface area contributed by atoms with E-state index in [1.54, 1.807) is 23.6 Å². The van der Waals surface area contributed by atoms with E-state index in [0.717, 1.165) is 26.2 Å². The van der Waals surface area contributed by atoms with Crippen LogP contribution in [0.5, 0.6) is 0 Å². The van der Waals surface area contributed by atoms with E-state index in [4.69, 9.17) is 11.6 Å². The molecule has 3 aromatic rings. The lowest BCUT2D eigenvalue weighted by molar-refractivity contribution is -0.118. The molecule has 0 spiro atoms. The molecule has 0 bridgehead atoms. The van der Waals surface area contributed by atoms with Crippen LogP contribution < -0.4 is 5.32 Å². The molecule has 0 saturated carbocycles. The van der Waals surface area contributed by atoms with Gasteiger partial charge >= 0.3 is 0 Å². The Kier molecular flexibility index (Phi) is 6.01. The quantitative estimate of drug-likeness (QED) is 0.645. The fourth-order valence-corrected chi connectivity index (χ4v) is 4.06. The zero-order valence-electron chi connectivity index (χ0n) is 13.4. The van der Waals surface area contributed by atoms with Crippen LogP contribution in [0.3, 0.4) is 0 Å². The Morgan fingerprint density at radius 3 is 2.88 bits per heavy atom. The summed E-state index contributed by atoms with van der Waals surface area (Å²) >= 11 is 9.13. The molecule has 0 saturated heterocycles. The van der Waals surface area contributed by atoms with Crippen molar-refractivity contribution in [1.82, 2.24) is 20.5 Å². The van der Waals surface area contributed by atoms with Gasteiger partial charge in [0.2, 0.25) is 5.91 Å². The van der Waals surface area contributed by atoms with Crippen molar-refractivity contribution in [3.05, 3.63) is 58.2 Å². The number of halogens is 1. The van der Waals surface area contributed by atoms with Crippen LogP contribution in [0.25, 0.3) is 10.6 Å². The maximum Gasteiger partial charge on any atom is 0.230 e. The lowest BCUT2D eigenvalue weighted by atomic mass is 10.2. The first-order valence-electron chi connectivity index (χ1n) is 7.52. The van der Waals surface area contributed by atoms with Crippen molar-refractivity contribution in [2.75, 3.05) is 5.75 Å². The number of aryl methyl sites for hydroxylation is 1. The molecule has 1 N–H and O–H groups in total. The van der Waals surface area contributed by atoms with Gasteiger partial charge < -0.3 is 5.32 Å². The number of carbonyl (C=O) groups is 1. The van der Waals surface area contributed by atoms with Gasteiger partial charge in [-0.25, -0.2) is 4.98 Å². The van der Waals surface area contributed by atoms with E-state index >= 15 is 0 Å². The Balaban J connectivity index is 1.58. The third-order valence-electron chi connectivity index (χ3n) is 3.34. The Morgan fingerprint density at radius 2 is 2.12 bits per heavy atom. The van der Waals surface area contributed by atoms with Crippen molar-refractivity contribution in [2.45, 2.75) is 18.5 Å². The summed E-state index contributed by atoms with van der Waals surface area (Å²) in [6.45, 7) is 2.39. The fraction of sp³-hybridized carbons (Fsp3) is 0.176. The van der Waals surface area contributed by atoms with Gasteiger partial charge in [-0.15, -0.1) is 16.4 Å². The summed E-state index contributed by atoms with van der Waals surface area (Å²) in [7, 11) is 0. The van der Waals surface area contributed by atoms with Crippen LogP contribution >= 0.6 is 34.7 Å². The number of amides is 1. The molecule has 0 aliphatic rings. The molecule has 25 heavy (non-hydrogen) atoms. The number of nitrogens with zero attached hydrogens (tertiary/aromatic N) is 3. The summed E-state index contributed by atoms with van der Waals surface area (Å²) in [5.74, 6) is 0.247. The van der Waals surface area contributed by atoms with E-state index in [2.05, 4.69) is 20.5 Å². The van der Waals surface area contributed by atoms with Gasteiger partial charge in [0, 0.05) is 16.6 Å². The van der Waals surface area contributed by atoms with Gasteiger partial charge in [0.05, 0.1) is 23.0 Å². The molecular formula is C17H15ClN4OS2. The molecule has 5 nitrogen and oxygen atoms in total. The third kappa shape index (κ3) is 4.78. The van der Waals surface area contributed by atoms with Crippen LogP contribution in [0.1, 0.15) is 10.6 Å². The van der Waals surface area contributed by atoms with Crippen molar-refractivity contribution < 1.29 is 4.79 Å². The summed E-state index contributed by atoms with van der Waals surface area (Å²) in [6, 6.07) is 11.2. The predicted molar refractivity (Wildman–Crippen MR) is 102 cm³/mol. The molecule has 2 aromatic heterocycles. The van der Waals surface area contributed by atoms with Crippen molar-refractivity contribution in [3.63, 3.8) is 0 Å². The number of thiazole rings is 1. The molecule has 2 heterocycles. The number of aromatic nitrogens is 3. The number of rotatable bonds is 6. The first-order chi connectivity index (χ1) is 12.1. The molecule has 0 radical (unpaired) electrons. The molecule has 3 rings (SSSR count). The Hall–Kier alpha value is -1.96. The lowest BCUT2D eigenvalue weighted by Crippen LogP contribution is -2.24. The molecule has 0 aliphatic heterocycles. The van der Waals surface area contributed by atoms with Crippen LogP contribution in [0.2, 0.25) is 5.02 Å². The van der Waals surface area contributed by atoms with Crippen LogP contribution in [-0.2, 0) is 11.3 Å². The minimum atomic E-state index is -0.0530. The third-order valence-corrected chi connectivity index (χ3v) is 5.78. The highest BCUT2D eigenvalue weighted by Gasteiger charge is 2.13. The van der Waals surface area contributed by atoms with Gasteiger partial charge in [-0.05, 0) is 25.1 Å². The molecule has 1 aromatic carbocycles. The van der Waals surface area contributed by atoms with E-state index in [0.29, 0.717) is 17.3 Å². The number of thioether (sulfide) groups is 1. The van der Waals surface area contributed by atoms with Gasteiger partial charge in [0.15, 0.2) is 0 Å². The largest absolute Gasteiger partial charge is 0.350 e. The zero-order valence-corrected chi connectivity index (χ0v) is 15.8. The molecule has 0 unspecified atom stereocenters. The maximum absolute atomic E-state index is 12.0. The minimum Gasteiger partial charge on any atom is -0.350 e. The van der Waals surface area contributed by atoms with Gasteiger partial charge in [0.25, 0.3) is 0 Å². The molecule has 0 fully saturated rings. The predicted octanol–water partition coefficient (Wildman–Crippen LogP) is 3.97. The average Bonchev–Trinajstić information content (AvgIpc) is 3.00. The maximum atomic E-state index is 12.0. The number of benzene rings is 1. The highest BCUT2D eigenvalue weighted by molar-refractivity contribution is 7.99. The molecule has 0 aliphatic carbocycles. The lowest BCUT2D eigenvalue weighted by Gasteiger charge is -2.03. The summed E-state index contributed by atoms with van der Waals surface area (Å²) in [5, 5.41) is 12.9. The fourth-order valence-electron chi connectivity index (χ4n) is 2.08. The van der Waals surface area contributed by atoms with Crippen LogP contribution in [-0.4, -0.2) is 26.8 Å². The second-order valence-electron chi connectivity index (χ2n) is 5.13. The topological polar surface area (TPSA) is 67.8 Å². The second kappa shape index (κ2) is 8.42. The van der Waals surface area contributed by atoms with E-state index < -0.39 is 0 Å². The Bertz CT molecular complexity index is 870. The number of carbonyl (C=O) groups excluding carboxylic acids is 1. The summed E-state index contributed by atoms with van der Waals surface area (Å²) in [6.07, 6.45) is 1.60. The van der Waals surface area contributed by atoms with Crippen molar-refractivity contribution in [1.29, 1.82) is 0 Å². The smallest absolute Gasteiger partial charge is 0.230 e. The SMILES string of the molecule is Cc1nc(-c2ccccc2Cl)sc1CNC(=O)CSc1cccnn1. The molecule has 8 heteroatoms. The van der Waals surface area contributed by atoms with Crippen molar-refractivity contribution in [3.8, 4) is 10.6 Å². The molecular weight excluding hydrogens is 376 g/mol. The highest BCUT2D eigenvalue weighted by atomic mass is 35.5. The van der Waals surface area contributed by atoms with E-state index in [1.165, 1.54) is 11.8 Å². The molecule has 0 atom stereocenters. The summed E-state index contributed by atoms with van der Waals surface area (Å²) in [4.78, 5) is 17.6. The van der Waals surface area contributed by atoms with E-state index in [9.17, 15) is 4.79 Å². The van der Waals surface area contributed by atoms with Gasteiger partial charge in [0.1, 0.15) is 10.0 Å². The van der Waals surface area contributed by atoms with Crippen LogP contribution in [0.4, 0.5) is 0 Å². The highest BCUT2D eigenvalue weighted by Crippen LogP contribution is 2.32. The summed E-state index contributed by atoms with van der Waals surface area (Å²) in [5.41, 5.74) is 1.81. The van der Waals surface area contributed by atoms with Gasteiger partial charge in [-0.1, -0.05) is 41.6 Å². The van der Waals surface area contributed by atoms with Crippen molar-refractivity contribution in [2.24, 2.45) is 0 Å². The monoisotopic (exact) mass is 390 g/mol. The number of nitrogens with one attached hydrogen (secondary N) is 1.